The summed E-state index contributed by atoms with van der Waals surface area (Å²) in [5.41, 5.74) is 10.6. The summed E-state index contributed by atoms with van der Waals surface area (Å²) in [6, 6.07) is 49.4. The Kier molecular flexibility index (Phi) is 9.18. The van der Waals surface area contributed by atoms with Crippen molar-refractivity contribution in [3.8, 4) is 33.8 Å². The van der Waals surface area contributed by atoms with E-state index in [0.29, 0.717) is 13.2 Å². The Morgan fingerprint density at radius 2 is 0.933 bits per heavy atom. The maximum absolute atomic E-state index is 6.06. The van der Waals surface area contributed by atoms with E-state index in [4.69, 9.17) is 14.5 Å². The summed E-state index contributed by atoms with van der Waals surface area (Å²) >= 11 is 3.77. The molecule has 12 bridgehead atoms. The molecular formula is C40H33NO2S2. The Balaban J connectivity index is 1.12. The molecule has 1 aromatic heterocycles. The first-order chi connectivity index (χ1) is 22.2. The van der Waals surface area contributed by atoms with E-state index in [2.05, 4.69) is 97.1 Å². The second-order valence-electron chi connectivity index (χ2n) is 11.1. The van der Waals surface area contributed by atoms with Gasteiger partial charge < -0.3 is 9.47 Å². The van der Waals surface area contributed by atoms with Gasteiger partial charge in [-0.2, -0.15) is 11.8 Å². The molecule has 0 fully saturated rings. The molecule has 5 aromatic carbocycles. The van der Waals surface area contributed by atoms with E-state index >= 15 is 0 Å². The molecule has 5 heterocycles. The number of nitrogens with zero attached hydrogens (tertiary/aromatic N) is 1. The van der Waals surface area contributed by atoms with Gasteiger partial charge in [0.2, 0.25) is 0 Å². The molecule has 4 aliphatic rings. The molecule has 0 atom stereocenters. The van der Waals surface area contributed by atoms with Gasteiger partial charge in [0.05, 0.1) is 11.4 Å². The normalized spacial score (nSPS) is 13.5. The SMILES string of the molecule is c1cc2cc(c1)-c1cccc(c1)-c1ccc(cc1)CSCc1ccc(cc1)OCc1cccc(n1)COc1ccc(cc1)CS2. The van der Waals surface area contributed by atoms with Gasteiger partial charge in [0.1, 0.15) is 24.7 Å². The highest BCUT2D eigenvalue weighted by Crippen LogP contribution is 2.31. The molecule has 0 radical (unpaired) electrons. The monoisotopic (exact) mass is 623 g/mol. The number of hydrogen-bond acceptors (Lipinski definition) is 5. The summed E-state index contributed by atoms with van der Waals surface area (Å²) in [6.45, 7) is 0.823. The van der Waals surface area contributed by atoms with Crippen LogP contribution in [0.25, 0.3) is 22.3 Å². The zero-order valence-electron chi connectivity index (χ0n) is 24.9. The van der Waals surface area contributed by atoms with E-state index in [1.807, 2.05) is 66.0 Å². The average Bonchev–Trinajstić information content (AvgIpc) is 3.10. The van der Waals surface area contributed by atoms with Crippen molar-refractivity contribution >= 4 is 23.5 Å². The van der Waals surface area contributed by atoms with Crippen molar-refractivity contribution in [2.45, 2.75) is 35.4 Å². The van der Waals surface area contributed by atoms with Crippen molar-refractivity contribution in [3.05, 3.63) is 168 Å². The number of rotatable bonds is 0. The predicted molar refractivity (Wildman–Crippen MR) is 188 cm³/mol. The van der Waals surface area contributed by atoms with Crippen LogP contribution in [0.5, 0.6) is 11.5 Å². The van der Waals surface area contributed by atoms with E-state index in [1.165, 1.54) is 43.8 Å². The third-order valence-electron chi connectivity index (χ3n) is 7.74. The number of ether oxygens (including phenoxy) is 2. The zero-order chi connectivity index (χ0) is 30.3. The maximum Gasteiger partial charge on any atom is 0.130 e. The summed E-state index contributed by atoms with van der Waals surface area (Å²) in [5.74, 6) is 4.49. The number of benzene rings is 5. The first-order valence-electron chi connectivity index (χ1n) is 15.1. The lowest BCUT2D eigenvalue weighted by Crippen LogP contribution is -2.03. The van der Waals surface area contributed by atoms with Crippen LogP contribution in [-0.4, -0.2) is 4.98 Å². The molecular weight excluding hydrogens is 591 g/mol. The van der Waals surface area contributed by atoms with Gasteiger partial charge in [-0.05, 0) is 93.5 Å². The molecule has 3 nitrogen and oxygen atoms in total. The Labute approximate surface area is 273 Å². The van der Waals surface area contributed by atoms with E-state index in [-0.39, 0.29) is 0 Å². The second kappa shape index (κ2) is 14.1. The minimum absolute atomic E-state index is 0.409. The Morgan fingerprint density at radius 3 is 1.56 bits per heavy atom. The smallest absolute Gasteiger partial charge is 0.130 e. The van der Waals surface area contributed by atoms with Crippen molar-refractivity contribution in [1.29, 1.82) is 0 Å². The van der Waals surface area contributed by atoms with E-state index in [9.17, 15) is 0 Å². The molecule has 222 valence electrons. The minimum atomic E-state index is 0.409. The van der Waals surface area contributed by atoms with Gasteiger partial charge in [0, 0.05) is 22.2 Å². The zero-order valence-corrected chi connectivity index (χ0v) is 26.5. The van der Waals surface area contributed by atoms with E-state index < -0.39 is 0 Å². The Hall–Kier alpha value is -4.45. The molecule has 0 unspecified atom stereocenters. The summed E-state index contributed by atoms with van der Waals surface area (Å²) in [5, 5.41) is 0. The van der Waals surface area contributed by atoms with Crippen molar-refractivity contribution in [1.82, 2.24) is 4.98 Å². The van der Waals surface area contributed by atoms with Crippen LogP contribution in [0.4, 0.5) is 0 Å². The largest absolute Gasteiger partial charge is 0.487 e. The second-order valence-corrected chi connectivity index (χ2v) is 13.1. The van der Waals surface area contributed by atoms with Crippen molar-refractivity contribution in [2.75, 3.05) is 0 Å². The third kappa shape index (κ3) is 7.80. The molecule has 0 saturated heterocycles. The van der Waals surface area contributed by atoms with Crippen molar-refractivity contribution < 1.29 is 9.47 Å². The number of aromatic nitrogens is 1. The van der Waals surface area contributed by atoms with Crippen molar-refractivity contribution in [3.63, 3.8) is 0 Å². The molecule has 10 rings (SSSR count). The fourth-order valence-electron chi connectivity index (χ4n) is 5.26. The Bertz CT molecular complexity index is 1870. The summed E-state index contributed by atoms with van der Waals surface area (Å²) < 4.78 is 12.1. The summed E-state index contributed by atoms with van der Waals surface area (Å²) in [6.07, 6.45) is 0. The molecule has 5 heteroatoms. The Morgan fingerprint density at radius 1 is 0.444 bits per heavy atom. The standard InChI is InChI=1S/C40H33NO2S2/c1-4-33-22-34(5-1)35-6-2-9-40(23-35)45-28-31-14-20-39(21-15-31)43-25-37-8-3-7-36(41-37)24-42-38-18-12-30(13-19-38)27-44-26-29-10-16-32(33)17-11-29/h1-23H,24-28H2. The van der Waals surface area contributed by atoms with Gasteiger partial charge in [-0.25, -0.2) is 0 Å². The highest BCUT2D eigenvalue weighted by Gasteiger charge is 2.07. The van der Waals surface area contributed by atoms with Crippen LogP contribution >= 0.6 is 23.5 Å². The predicted octanol–water partition coefficient (Wildman–Crippen LogP) is 10.6. The van der Waals surface area contributed by atoms with E-state index in [0.717, 1.165) is 40.1 Å². The lowest BCUT2D eigenvalue weighted by atomic mass is 9.98. The van der Waals surface area contributed by atoms with Crippen molar-refractivity contribution in [2.24, 2.45) is 0 Å². The molecule has 45 heavy (non-hydrogen) atoms. The number of pyridine rings is 1. The van der Waals surface area contributed by atoms with Crippen LogP contribution in [0.2, 0.25) is 0 Å². The number of fused-ring (bicyclic) bond motifs is 3. The quantitative estimate of drug-likeness (QED) is 0.168. The van der Waals surface area contributed by atoms with Crippen LogP contribution in [0.3, 0.4) is 0 Å². The molecule has 0 N–H and O–H groups in total. The fraction of sp³-hybridized carbons (Fsp3) is 0.125. The van der Waals surface area contributed by atoms with Gasteiger partial charge in [-0.1, -0.05) is 84.9 Å². The molecule has 0 saturated carbocycles. The minimum Gasteiger partial charge on any atom is -0.487 e. The molecule has 0 aliphatic carbocycles. The fourth-order valence-corrected chi connectivity index (χ4v) is 7.13. The molecule has 0 amide bonds. The lowest BCUT2D eigenvalue weighted by molar-refractivity contribution is 0.290. The average molecular weight is 624 g/mol. The van der Waals surface area contributed by atoms with Crippen LogP contribution in [-0.2, 0) is 30.5 Å². The maximum atomic E-state index is 6.06. The third-order valence-corrected chi connectivity index (χ3v) is 9.88. The first kappa shape index (κ1) is 29.3. The molecule has 6 aromatic rings. The van der Waals surface area contributed by atoms with E-state index in [1.54, 1.807) is 0 Å². The van der Waals surface area contributed by atoms with Crippen LogP contribution in [0, 0.1) is 0 Å². The molecule has 4 aliphatic heterocycles. The highest BCUT2D eigenvalue weighted by molar-refractivity contribution is 7.98. The highest BCUT2D eigenvalue weighted by atomic mass is 32.2. The van der Waals surface area contributed by atoms with Gasteiger partial charge >= 0.3 is 0 Å². The number of thioether (sulfide) groups is 2. The van der Waals surface area contributed by atoms with Gasteiger partial charge in [-0.15, -0.1) is 11.8 Å². The van der Waals surface area contributed by atoms with Gasteiger partial charge in [0.25, 0.3) is 0 Å². The lowest BCUT2D eigenvalue weighted by Gasteiger charge is -2.11. The van der Waals surface area contributed by atoms with Crippen LogP contribution < -0.4 is 9.47 Å². The topological polar surface area (TPSA) is 31.4 Å². The summed E-state index contributed by atoms with van der Waals surface area (Å²) in [4.78, 5) is 6.00. The van der Waals surface area contributed by atoms with Gasteiger partial charge in [0.15, 0.2) is 0 Å². The van der Waals surface area contributed by atoms with Crippen LogP contribution in [0.1, 0.15) is 28.1 Å². The molecule has 0 spiro atoms. The first-order valence-corrected chi connectivity index (χ1v) is 17.3. The van der Waals surface area contributed by atoms with Crippen LogP contribution in [0.15, 0.2) is 144 Å². The summed E-state index contributed by atoms with van der Waals surface area (Å²) in [7, 11) is 0. The van der Waals surface area contributed by atoms with Gasteiger partial charge in [-0.3, -0.25) is 4.98 Å². The number of hydrogen-bond donors (Lipinski definition) is 0.